The fraction of sp³-hybridized carbons (Fsp3) is 0.364. The molecule has 0 heterocycles. The third kappa shape index (κ3) is 4.94. The van der Waals surface area contributed by atoms with Crippen molar-refractivity contribution in [1.82, 2.24) is 5.32 Å². The third-order valence-electron chi connectivity index (χ3n) is 4.86. The van der Waals surface area contributed by atoms with E-state index in [0.29, 0.717) is 13.0 Å². The van der Waals surface area contributed by atoms with Crippen molar-refractivity contribution in [1.29, 1.82) is 0 Å². The average Bonchev–Trinajstić information content (AvgIpc) is 3.42. The topological polar surface area (TPSA) is 58.2 Å². The predicted octanol–water partition coefficient (Wildman–Crippen LogP) is 4.01. The molecule has 2 unspecified atom stereocenters. The van der Waals surface area contributed by atoms with Gasteiger partial charge in [0, 0.05) is 12.2 Å². The molecular formula is C22H25FN2O2. The second kappa shape index (κ2) is 7.51. The van der Waals surface area contributed by atoms with Gasteiger partial charge < -0.3 is 10.6 Å². The molecule has 0 aromatic heterocycles. The molecule has 2 aromatic rings. The number of benzene rings is 2. The first kappa shape index (κ1) is 19.1. The van der Waals surface area contributed by atoms with Gasteiger partial charge in [-0.15, -0.1) is 0 Å². The molecule has 0 aliphatic heterocycles. The molecule has 142 valence electrons. The van der Waals surface area contributed by atoms with Crippen LogP contribution in [0.4, 0.5) is 10.1 Å². The van der Waals surface area contributed by atoms with Crippen molar-refractivity contribution < 1.29 is 14.0 Å². The highest BCUT2D eigenvalue weighted by Gasteiger charge is 2.47. The number of amides is 2. The van der Waals surface area contributed by atoms with Crippen LogP contribution in [0.5, 0.6) is 0 Å². The number of carbonyl (C=O) groups is 2. The number of anilines is 1. The van der Waals surface area contributed by atoms with Crippen LogP contribution >= 0.6 is 0 Å². The van der Waals surface area contributed by atoms with Gasteiger partial charge >= 0.3 is 0 Å². The lowest BCUT2D eigenvalue weighted by Gasteiger charge is -2.19. The lowest BCUT2D eigenvalue weighted by molar-refractivity contribution is -0.125. The Labute approximate surface area is 159 Å². The van der Waals surface area contributed by atoms with Crippen LogP contribution < -0.4 is 10.6 Å². The van der Waals surface area contributed by atoms with Crippen LogP contribution in [0.25, 0.3) is 0 Å². The molecule has 2 aromatic carbocycles. The second-order valence-electron chi connectivity index (χ2n) is 8.11. The summed E-state index contributed by atoms with van der Waals surface area (Å²) >= 11 is 0. The van der Waals surface area contributed by atoms with Crippen LogP contribution in [0.3, 0.4) is 0 Å². The largest absolute Gasteiger partial charge is 0.352 e. The zero-order valence-corrected chi connectivity index (χ0v) is 15.9. The Morgan fingerprint density at radius 1 is 0.963 bits per heavy atom. The number of halogens is 1. The van der Waals surface area contributed by atoms with Crippen molar-refractivity contribution in [2.75, 3.05) is 5.32 Å². The minimum atomic E-state index is -0.306. The second-order valence-corrected chi connectivity index (χ2v) is 8.11. The molecule has 1 aliphatic carbocycles. The predicted molar refractivity (Wildman–Crippen MR) is 104 cm³/mol. The molecule has 1 aliphatic rings. The van der Waals surface area contributed by atoms with E-state index in [2.05, 4.69) is 31.4 Å². The van der Waals surface area contributed by atoms with Gasteiger partial charge in [-0.3, -0.25) is 9.59 Å². The van der Waals surface area contributed by atoms with Gasteiger partial charge in [-0.2, -0.15) is 0 Å². The number of hydrogen-bond acceptors (Lipinski definition) is 2. The minimum Gasteiger partial charge on any atom is -0.352 e. The summed E-state index contributed by atoms with van der Waals surface area (Å²) in [5, 5.41) is 5.70. The summed E-state index contributed by atoms with van der Waals surface area (Å²) in [6, 6.07) is 13.8. The Morgan fingerprint density at radius 3 is 2.15 bits per heavy atom. The Hall–Kier alpha value is -2.69. The summed E-state index contributed by atoms with van der Waals surface area (Å²) in [6.45, 7) is 6.75. The van der Waals surface area contributed by atoms with Gasteiger partial charge in [0.2, 0.25) is 11.8 Å². The first-order chi connectivity index (χ1) is 12.7. The summed E-state index contributed by atoms with van der Waals surface area (Å²) in [7, 11) is 0. The number of nitrogens with one attached hydrogen (secondary N) is 2. The van der Waals surface area contributed by atoms with Crippen molar-refractivity contribution in [2.45, 2.75) is 39.2 Å². The minimum absolute atomic E-state index is 0.0622. The molecule has 2 atom stereocenters. The summed E-state index contributed by atoms with van der Waals surface area (Å²) in [5.74, 6) is -1.15. The quantitative estimate of drug-likeness (QED) is 0.838. The highest BCUT2D eigenvalue weighted by atomic mass is 19.1. The van der Waals surface area contributed by atoms with E-state index in [-0.39, 0.29) is 34.9 Å². The van der Waals surface area contributed by atoms with Gasteiger partial charge in [0.1, 0.15) is 5.82 Å². The molecule has 3 rings (SSSR count). The van der Waals surface area contributed by atoms with Crippen LogP contribution in [0.15, 0.2) is 48.5 Å². The van der Waals surface area contributed by atoms with Crippen molar-refractivity contribution in [2.24, 2.45) is 11.8 Å². The van der Waals surface area contributed by atoms with E-state index in [9.17, 15) is 14.0 Å². The Bertz CT molecular complexity index is 823. The van der Waals surface area contributed by atoms with Crippen molar-refractivity contribution >= 4 is 17.5 Å². The van der Waals surface area contributed by atoms with E-state index < -0.39 is 0 Å². The van der Waals surface area contributed by atoms with E-state index >= 15 is 0 Å². The fourth-order valence-electron chi connectivity index (χ4n) is 2.99. The van der Waals surface area contributed by atoms with Crippen LogP contribution in [0.1, 0.15) is 38.3 Å². The van der Waals surface area contributed by atoms with E-state index in [4.69, 9.17) is 0 Å². The monoisotopic (exact) mass is 368 g/mol. The van der Waals surface area contributed by atoms with Crippen LogP contribution in [-0.2, 0) is 21.5 Å². The number of hydrogen-bond donors (Lipinski definition) is 2. The van der Waals surface area contributed by atoms with E-state index in [1.165, 1.54) is 17.7 Å². The molecule has 0 saturated heterocycles. The zero-order chi connectivity index (χ0) is 19.6. The fourth-order valence-corrected chi connectivity index (χ4v) is 2.99. The smallest absolute Gasteiger partial charge is 0.228 e. The van der Waals surface area contributed by atoms with Gasteiger partial charge in [0.05, 0.1) is 11.8 Å². The van der Waals surface area contributed by atoms with Crippen LogP contribution in [0.2, 0.25) is 0 Å². The normalized spacial score (nSPS) is 18.7. The van der Waals surface area contributed by atoms with Gasteiger partial charge in [-0.1, -0.05) is 45.0 Å². The lowest BCUT2D eigenvalue weighted by Crippen LogP contribution is -2.27. The Balaban J connectivity index is 1.48. The lowest BCUT2D eigenvalue weighted by atomic mass is 9.87. The van der Waals surface area contributed by atoms with Gasteiger partial charge in [-0.05, 0) is 47.2 Å². The maximum Gasteiger partial charge on any atom is 0.228 e. The van der Waals surface area contributed by atoms with Crippen LogP contribution in [-0.4, -0.2) is 11.8 Å². The Kier molecular flexibility index (Phi) is 5.31. The molecule has 1 fully saturated rings. The number of rotatable bonds is 5. The third-order valence-corrected chi connectivity index (χ3v) is 4.86. The molecule has 2 amide bonds. The van der Waals surface area contributed by atoms with E-state index in [1.807, 2.05) is 24.3 Å². The molecule has 0 radical (unpaired) electrons. The summed E-state index contributed by atoms with van der Waals surface area (Å²) in [5.41, 5.74) is 2.83. The first-order valence-corrected chi connectivity index (χ1v) is 9.17. The summed E-state index contributed by atoms with van der Waals surface area (Å²) in [6.07, 6.45) is 0.557. The molecular weight excluding hydrogens is 343 g/mol. The molecule has 4 nitrogen and oxygen atoms in total. The van der Waals surface area contributed by atoms with Crippen molar-refractivity contribution in [3.63, 3.8) is 0 Å². The average molecular weight is 368 g/mol. The SMILES string of the molecule is CC(C)(C)c1ccc(NC(=O)C2CC2C(=O)NCc2ccc(F)cc2)cc1. The molecule has 2 N–H and O–H groups in total. The van der Waals surface area contributed by atoms with Crippen LogP contribution in [0, 0.1) is 17.7 Å². The standard InChI is InChI=1S/C22H25FN2O2/c1-22(2,3)15-6-10-17(11-7-15)25-21(27)19-12-18(19)20(26)24-13-14-4-8-16(23)9-5-14/h4-11,18-19H,12-13H2,1-3H3,(H,24,26)(H,25,27). The number of carbonyl (C=O) groups excluding carboxylic acids is 2. The summed E-state index contributed by atoms with van der Waals surface area (Å²) in [4.78, 5) is 24.6. The van der Waals surface area contributed by atoms with E-state index in [1.54, 1.807) is 12.1 Å². The van der Waals surface area contributed by atoms with Gasteiger partial charge in [0.15, 0.2) is 0 Å². The molecule has 1 saturated carbocycles. The van der Waals surface area contributed by atoms with Gasteiger partial charge in [-0.25, -0.2) is 4.39 Å². The molecule has 0 bridgehead atoms. The zero-order valence-electron chi connectivity index (χ0n) is 15.9. The maximum absolute atomic E-state index is 12.9. The Morgan fingerprint density at radius 2 is 1.56 bits per heavy atom. The highest BCUT2D eigenvalue weighted by molar-refractivity contribution is 5.99. The van der Waals surface area contributed by atoms with Gasteiger partial charge in [0.25, 0.3) is 0 Å². The summed E-state index contributed by atoms with van der Waals surface area (Å²) < 4.78 is 12.9. The highest BCUT2D eigenvalue weighted by Crippen LogP contribution is 2.39. The van der Waals surface area contributed by atoms with E-state index in [0.717, 1.165) is 11.3 Å². The maximum atomic E-state index is 12.9. The molecule has 27 heavy (non-hydrogen) atoms. The van der Waals surface area contributed by atoms with Crippen molar-refractivity contribution in [3.8, 4) is 0 Å². The molecule has 5 heteroatoms. The first-order valence-electron chi connectivity index (χ1n) is 9.17. The molecule has 0 spiro atoms. The van der Waals surface area contributed by atoms with Crippen molar-refractivity contribution in [3.05, 3.63) is 65.5 Å².